The van der Waals surface area contributed by atoms with E-state index in [1.165, 1.54) is 24.5 Å². The number of carbonyl (C=O) groups is 1. The highest BCUT2D eigenvalue weighted by atomic mass is 19.4. The Morgan fingerprint density at radius 3 is 2.38 bits per heavy atom. The highest BCUT2D eigenvalue weighted by Gasteiger charge is 2.32. The first-order chi connectivity index (χ1) is 15.4. The molecule has 1 saturated heterocycles. The van der Waals surface area contributed by atoms with Crippen molar-refractivity contribution >= 4 is 11.6 Å². The third kappa shape index (κ3) is 5.70. The summed E-state index contributed by atoms with van der Waals surface area (Å²) in [6.07, 6.45) is -0.0318. The second kappa shape index (κ2) is 9.48. The maximum Gasteiger partial charge on any atom is 0.416 e. The number of benzene rings is 2. The van der Waals surface area contributed by atoms with E-state index in [-0.39, 0.29) is 11.8 Å². The van der Waals surface area contributed by atoms with Crippen molar-refractivity contribution in [1.29, 1.82) is 0 Å². The van der Waals surface area contributed by atoms with Crippen molar-refractivity contribution in [1.82, 2.24) is 15.1 Å². The summed E-state index contributed by atoms with van der Waals surface area (Å²) in [5, 5.41) is 10.3. The highest BCUT2D eigenvalue weighted by Crippen LogP contribution is 2.29. The molecule has 3 aromatic rings. The number of aromatic nitrogens is 2. The van der Waals surface area contributed by atoms with Gasteiger partial charge in [0, 0.05) is 19.6 Å². The topological polar surface area (TPSA) is 58.1 Å². The first-order valence-electron chi connectivity index (χ1n) is 10.4. The molecule has 1 N–H and O–H groups in total. The Morgan fingerprint density at radius 2 is 1.69 bits per heavy atom. The van der Waals surface area contributed by atoms with Gasteiger partial charge in [-0.05, 0) is 41.7 Å². The molecule has 32 heavy (non-hydrogen) atoms. The Balaban J connectivity index is 1.22. The molecule has 1 aliphatic rings. The molecule has 1 amide bonds. The third-order valence-electron chi connectivity index (χ3n) is 5.57. The van der Waals surface area contributed by atoms with Gasteiger partial charge >= 0.3 is 6.18 Å². The minimum absolute atomic E-state index is 0.0146. The zero-order valence-electron chi connectivity index (χ0n) is 17.3. The molecule has 0 unspecified atom stereocenters. The quantitative estimate of drug-likeness (QED) is 0.594. The summed E-state index contributed by atoms with van der Waals surface area (Å²) in [5.74, 6) is -0.0610. The Hall–Kier alpha value is -3.26. The van der Waals surface area contributed by atoms with E-state index < -0.39 is 11.7 Å². The van der Waals surface area contributed by atoms with Gasteiger partial charge in [-0.3, -0.25) is 9.69 Å². The molecule has 0 bridgehead atoms. The molecule has 8 heteroatoms. The van der Waals surface area contributed by atoms with E-state index in [0.29, 0.717) is 37.2 Å². The number of nitrogens with zero attached hydrogens (tertiary/aromatic N) is 3. The normalized spacial score (nSPS) is 14.7. The van der Waals surface area contributed by atoms with Crippen LogP contribution in [-0.4, -0.2) is 34.1 Å². The van der Waals surface area contributed by atoms with Crippen LogP contribution < -0.4 is 5.32 Å². The fourth-order valence-corrected chi connectivity index (χ4v) is 3.74. The second-order valence-electron chi connectivity index (χ2n) is 8.03. The molecule has 4 rings (SSSR count). The average molecular weight is 440 g/mol. The number of anilines is 1. The molecular formula is C24H23F3N4O. The number of rotatable bonds is 7. The maximum absolute atomic E-state index is 12.8. The van der Waals surface area contributed by atoms with Crippen molar-refractivity contribution in [2.45, 2.75) is 25.6 Å². The molecule has 0 radical (unpaired) electrons. The van der Waals surface area contributed by atoms with Crippen molar-refractivity contribution in [2.24, 2.45) is 5.92 Å². The van der Waals surface area contributed by atoms with Crippen LogP contribution in [0.15, 0.2) is 67.0 Å². The molecular weight excluding hydrogens is 417 g/mol. The number of aryl methyl sites for hydroxylation is 2. The third-order valence-corrected chi connectivity index (χ3v) is 5.57. The summed E-state index contributed by atoms with van der Waals surface area (Å²) in [6.45, 7) is 2.15. The van der Waals surface area contributed by atoms with Gasteiger partial charge < -0.3 is 5.32 Å². The van der Waals surface area contributed by atoms with Crippen LogP contribution >= 0.6 is 0 Å². The van der Waals surface area contributed by atoms with E-state index in [0.717, 1.165) is 23.7 Å². The van der Waals surface area contributed by atoms with Crippen LogP contribution in [0.5, 0.6) is 0 Å². The summed E-state index contributed by atoms with van der Waals surface area (Å²) in [5.41, 5.74) is 2.94. The van der Waals surface area contributed by atoms with Crippen molar-refractivity contribution in [3.05, 3.63) is 89.2 Å². The van der Waals surface area contributed by atoms with Crippen LogP contribution in [0.1, 0.15) is 22.3 Å². The van der Waals surface area contributed by atoms with Gasteiger partial charge in [-0.1, -0.05) is 42.5 Å². The molecule has 2 aromatic carbocycles. The van der Waals surface area contributed by atoms with Gasteiger partial charge in [0.05, 0.1) is 29.6 Å². The first-order valence-corrected chi connectivity index (χ1v) is 10.4. The number of likely N-dealkylation sites (tertiary alicyclic amines) is 1. The maximum atomic E-state index is 12.8. The van der Waals surface area contributed by atoms with Crippen molar-refractivity contribution in [3.63, 3.8) is 0 Å². The van der Waals surface area contributed by atoms with Crippen LogP contribution in [-0.2, 0) is 30.4 Å². The van der Waals surface area contributed by atoms with Gasteiger partial charge in [0.25, 0.3) is 0 Å². The smallest absolute Gasteiger partial charge is 0.324 e. The van der Waals surface area contributed by atoms with E-state index in [1.807, 2.05) is 24.3 Å². The largest absolute Gasteiger partial charge is 0.416 e. The molecule has 0 atom stereocenters. The number of alkyl halides is 3. The first kappa shape index (κ1) is 22.0. The summed E-state index contributed by atoms with van der Waals surface area (Å²) in [4.78, 5) is 14.5. The zero-order chi connectivity index (χ0) is 22.6. The van der Waals surface area contributed by atoms with Crippen LogP contribution in [0.3, 0.4) is 0 Å². The molecule has 5 nitrogen and oxygen atoms in total. The number of amides is 1. The fourth-order valence-electron chi connectivity index (χ4n) is 3.74. The van der Waals surface area contributed by atoms with Crippen LogP contribution in [0, 0.1) is 5.92 Å². The van der Waals surface area contributed by atoms with Crippen LogP contribution in [0.25, 0.3) is 0 Å². The van der Waals surface area contributed by atoms with Gasteiger partial charge in [-0.2, -0.15) is 23.4 Å². The Kier molecular flexibility index (Phi) is 6.50. The number of halogens is 3. The summed E-state index contributed by atoms with van der Waals surface area (Å²) in [7, 11) is 0. The molecule has 2 heterocycles. The van der Waals surface area contributed by atoms with Crippen molar-refractivity contribution in [3.8, 4) is 0 Å². The lowest BCUT2D eigenvalue weighted by Gasteiger charge is -2.38. The van der Waals surface area contributed by atoms with E-state index in [9.17, 15) is 18.0 Å². The molecule has 1 aromatic heterocycles. The van der Waals surface area contributed by atoms with E-state index >= 15 is 0 Å². The molecule has 0 saturated carbocycles. The van der Waals surface area contributed by atoms with Crippen LogP contribution in [0.2, 0.25) is 0 Å². The lowest BCUT2D eigenvalue weighted by atomic mass is 9.97. The second-order valence-corrected chi connectivity index (χ2v) is 8.03. The average Bonchev–Trinajstić information content (AvgIpc) is 2.75. The summed E-state index contributed by atoms with van der Waals surface area (Å²) < 4.78 is 38.5. The van der Waals surface area contributed by atoms with Gasteiger partial charge in [0.1, 0.15) is 0 Å². The Labute approximate surface area is 184 Å². The van der Waals surface area contributed by atoms with Crippen LogP contribution in [0.4, 0.5) is 18.9 Å². The van der Waals surface area contributed by atoms with Gasteiger partial charge in [0.2, 0.25) is 5.91 Å². The van der Waals surface area contributed by atoms with Crippen molar-refractivity contribution in [2.75, 3.05) is 18.4 Å². The Bertz CT molecular complexity index is 1050. The number of hydrogen-bond donors (Lipinski definition) is 1. The molecule has 166 valence electrons. The number of nitrogens with one attached hydrogen (secondary N) is 1. The van der Waals surface area contributed by atoms with Gasteiger partial charge in [-0.15, -0.1) is 0 Å². The lowest BCUT2D eigenvalue weighted by molar-refractivity contribution is -0.137. The SMILES string of the molecule is O=C(Nc1ccnnc1)C1CN(Cc2ccc(CCc3cccc(C(F)(F)F)c3)cc2)C1. The van der Waals surface area contributed by atoms with Gasteiger partial charge in [0.15, 0.2) is 0 Å². The molecule has 0 aliphatic carbocycles. The number of hydrogen-bond acceptors (Lipinski definition) is 4. The standard InChI is InChI=1S/C24H23F3N4O/c25-24(26,27)21-3-1-2-18(12-21)7-4-17-5-8-19(9-6-17)14-31-15-20(16-31)23(32)30-22-10-11-28-29-13-22/h1-3,5-6,8-13,20H,4,7,14-16H2,(H,28,30,32). The predicted octanol–water partition coefficient (Wildman–Crippen LogP) is 4.35. The highest BCUT2D eigenvalue weighted by molar-refractivity contribution is 5.93. The van der Waals surface area contributed by atoms with Crippen molar-refractivity contribution < 1.29 is 18.0 Å². The minimum atomic E-state index is -4.32. The van der Waals surface area contributed by atoms with E-state index in [2.05, 4.69) is 20.4 Å². The molecule has 1 aliphatic heterocycles. The zero-order valence-corrected chi connectivity index (χ0v) is 17.3. The lowest BCUT2D eigenvalue weighted by Crippen LogP contribution is -2.51. The minimum Gasteiger partial charge on any atom is -0.324 e. The van der Waals surface area contributed by atoms with E-state index in [4.69, 9.17) is 0 Å². The van der Waals surface area contributed by atoms with Gasteiger partial charge in [-0.25, -0.2) is 0 Å². The molecule has 0 spiro atoms. The number of carbonyl (C=O) groups excluding carboxylic acids is 1. The van der Waals surface area contributed by atoms with E-state index in [1.54, 1.807) is 12.1 Å². The monoisotopic (exact) mass is 440 g/mol. The molecule has 1 fully saturated rings. The Morgan fingerprint density at radius 1 is 0.969 bits per heavy atom. The predicted molar refractivity (Wildman–Crippen MR) is 115 cm³/mol. The summed E-state index contributed by atoms with van der Waals surface area (Å²) >= 11 is 0. The fraction of sp³-hybridized carbons (Fsp3) is 0.292. The summed E-state index contributed by atoms with van der Waals surface area (Å²) in [6, 6.07) is 15.3.